The lowest BCUT2D eigenvalue weighted by molar-refractivity contribution is 0.242. The molecule has 1 aromatic rings. The number of H-pyrrole nitrogens is 1. The quantitative estimate of drug-likeness (QED) is 0.668. The maximum absolute atomic E-state index is 5.54. The van der Waals surface area contributed by atoms with E-state index in [4.69, 9.17) is 5.73 Å². The maximum atomic E-state index is 5.54. The van der Waals surface area contributed by atoms with Crippen LogP contribution in [0.4, 0.5) is 5.95 Å². The number of rotatable bonds is 2. The minimum absolute atomic E-state index is 0.0119. The van der Waals surface area contributed by atoms with E-state index in [9.17, 15) is 0 Å². The van der Waals surface area contributed by atoms with Crippen LogP contribution in [0.25, 0.3) is 0 Å². The molecule has 2 heterocycles. The van der Waals surface area contributed by atoms with Gasteiger partial charge in [0, 0.05) is 5.41 Å². The third kappa shape index (κ3) is 1.97. The summed E-state index contributed by atoms with van der Waals surface area (Å²) in [7, 11) is 0. The molecule has 1 saturated heterocycles. The molecule has 1 fully saturated rings. The van der Waals surface area contributed by atoms with Crippen molar-refractivity contribution < 1.29 is 0 Å². The lowest BCUT2D eigenvalue weighted by Crippen LogP contribution is -2.41. The molecule has 5 heteroatoms. The van der Waals surface area contributed by atoms with Crippen molar-refractivity contribution in [1.82, 2.24) is 20.5 Å². The van der Waals surface area contributed by atoms with Crippen molar-refractivity contribution in [1.29, 1.82) is 0 Å². The zero-order chi connectivity index (χ0) is 10.9. The summed E-state index contributed by atoms with van der Waals surface area (Å²) in [6, 6.07) is 0. The molecule has 1 aromatic heterocycles. The smallest absolute Gasteiger partial charge is 0.239 e. The molecule has 4 N–H and O–H groups in total. The Kier molecular flexibility index (Phi) is 2.65. The van der Waals surface area contributed by atoms with Crippen LogP contribution in [-0.4, -0.2) is 28.3 Å². The molecule has 15 heavy (non-hydrogen) atoms. The molecule has 0 bridgehead atoms. The second-order valence-electron chi connectivity index (χ2n) is 4.81. The van der Waals surface area contributed by atoms with E-state index in [0.717, 1.165) is 18.9 Å². The standard InChI is InChI=1S/C10H19N5/c1-10(2,7-4-3-5-12-6-7)8-13-9(11)15-14-8/h7,12H,3-6H2,1-2H3,(H3,11,13,14,15). The number of nitrogen functional groups attached to an aromatic ring is 1. The number of nitrogens with two attached hydrogens (primary N) is 1. The number of piperidine rings is 1. The topological polar surface area (TPSA) is 79.6 Å². The first-order valence-electron chi connectivity index (χ1n) is 5.50. The molecule has 0 amide bonds. The number of hydrogen-bond donors (Lipinski definition) is 3. The van der Waals surface area contributed by atoms with E-state index in [-0.39, 0.29) is 5.41 Å². The van der Waals surface area contributed by atoms with Crippen LogP contribution in [0.15, 0.2) is 0 Å². The van der Waals surface area contributed by atoms with Crippen LogP contribution < -0.4 is 11.1 Å². The first kappa shape index (κ1) is 10.4. The van der Waals surface area contributed by atoms with E-state index < -0.39 is 0 Å². The molecule has 5 nitrogen and oxygen atoms in total. The number of anilines is 1. The van der Waals surface area contributed by atoms with Gasteiger partial charge in [-0.25, -0.2) is 0 Å². The molecule has 0 radical (unpaired) electrons. The van der Waals surface area contributed by atoms with Crippen LogP contribution >= 0.6 is 0 Å². The average Bonchev–Trinajstić information content (AvgIpc) is 2.67. The van der Waals surface area contributed by atoms with Crippen LogP contribution in [0.5, 0.6) is 0 Å². The van der Waals surface area contributed by atoms with Gasteiger partial charge in [-0.05, 0) is 31.8 Å². The summed E-state index contributed by atoms with van der Waals surface area (Å²) in [6.07, 6.45) is 2.47. The van der Waals surface area contributed by atoms with E-state index in [0.29, 0.717) is 11.9 Å². The van der Waals surface area contributed by atoms with E-state index in [1.165, 1.54) is 12.8 Å². The number of hydrogen-bond acceptors (Lipinski definition) is 4. The predicted octanol–water partition coefficient (Wildman–Crippen LogP) is 0.664. The van der Waals surface area contributed by atoms with Crippen LogP contribution in [-0.2, 0) is 5.41 Å². The van der Waals surface area contributed by atoms with Crippen molar-refractivity contribution >= 4 is 5.95 Å². The Hall–Kier alpha value is -1.10. The van der Waals surface area contributed by atoms with E-state index in [1.54, 1.807) is 0 Å². The summed E-state index contributed by atoms with van der Waals surface area (Å²) >= 11 is 0. The molecule has 0 spiro atoms. The lowest BCUT2D eigenvalue weighted by atomic mass is 9.74. The second kappa shape index (κ2) is 3.81. The lowest BCUT2D eigenvalue weighted by Gasteiger charge is -2.35. The Morgan fingerprint density at radius 2 is 2.27 bits per heavy atom. The highest BCUT2D eigenvalue weighted by Crippen LogP contribution is 2.33. The summed E-state index contributed by atoms with van der Waals surface area (Å²) in [5.41, 5.74) is 5.55. The zero-order valence-corrected chi connectivity index (χ0v) is 9.38. The van der Waals surface area contributed by atoms with Gasteiger partial charge in [-0.2, -0.15) is 4.98 Å². The first-order chi connectivity index (χ1) is 7.10. The molecule has 2 rings (SSSR count). The molecule has 1 aliphatic rings. The van der Waals surface area contributed by atoms with Gasteiger partial charge in [0.2, 0.25) is 5.95 Å². The van der Waals surface area contributed by atoms with Crippen molar-refractivity contribution in [3.63, 3.8) is 0 Å². The Balaban J connectivity index is 2.17. The molecule has 1 aliphatic heterocycles. The van der Waals surface area contributed by atoms with Crippen LogP contribution in [0, 0.1) is 5.92 Å². The monoisotopic (exact) mass is 209 g/mol. The van der Waals surface area contributed by atoms with Gasteiger partial charge < -0.3 is 11.1 Å². The van der Waals surface area contributed by atoms with Crippen LogP contribution in [0.3, 0.4) is 0 Å². The van der Waals surface area contributed by atoms with Gasteiger partial charge >= 0.3 is 0 Å². The predicted molar refractivity (Wildman–Crippen MR) is 59.4 cm³/mol. The van der Waals surface area contributed by atoms with Crippen molar-refractivity contribution in [2.75, 3.05) is 18.8 Å². The summed E-state index contributed by atoms with van der Waals surface area (Å²) in [4.78, 5) is 4.24. The van der Waals surface area contributed by atoms with Crippen molar-refractivity contribution in [2.45, 2.75) is 32.1 Å². The molecule has 0 aliphatic carbocycles. The summed E-state index contributed by atoms with van der Waals surface area (Å²) < 4.78 is 0. The van der Waals surface area contributed by atoms with E-state index >= 15 is 0 Å². The van der Waals surface area contributed by atoms with Gasteiger partial charge in [0.25, 0.3) is 0 Å². The Morgan fingerprint density at radius 1 is 1.47 bits per heavy atom. The number of nitrogens with one attached hydrogen (secondary N) is 2. The van der Waals surface area contributed by atoms with Gasteiger partial charge in [0.15, 0.2) is 0 Å². The summed E-state index contributed by atoms with van der Waals surface area (Å²) in [5, 5.41) is 10.3. The van der Waals surface area contributed by atoms with E-state index in [2.05, 4.69) is 34.3 Å². The molecule has 1 atom stereocenters. The fourth-order valence-corrected chi connectivity index (χ4v) is 2.22. The van der Waals surface area contributed by atoms with Gasteiger partial charge in [0.1, 0.15) is 5.82 Å². The highest BCUT2D eigenvalue weighted by molar-refractivity contribution is 5.18. The normalized spacial score (nSPS) is 22.9. The Bertz CT molecular complexity index is 324. The number of nitrogens with zero attached hydrogens (tertiary/aromatic N) is 2. The minimum Gasteiger partial charge on any atom is -0.367 e. The Labute approximate surface area is 89.9 Å². The number of aromatic amines is 1. The summed E-state index contributed by atoms with van der Waals surface area (Å²) in [6.45, 7) is 6.58. The van der Waals surface area contributed by atoms with Crippen molar-refractivity contribution in [2.24, 2.45) is 5.92 Å². The summed E-state index contributed by atoms with van der Waals surface area (Å²) in [5.74, 6) is 1.83. The molecule has 0 aromatic carbocycles. The zero-order valence-electron chi connectivity index (χ0n) is 9.38. The van der Waals surface area contributed by atoms with Gasteiger partial charge in [0.05, 0.1) is 0 Å². The van der Waals surface area contributed by atoms with Crippen LogP contribution in [0.2, 0.25) is 0 Å². The fraction of sp³-hybridized carbons (Fsp3) is 0.800. The Morgan fingerprint density at radius 3 is 2.80 bits per heavy atom. The molecule has 0 saturated carbocycles. The number of aromatic nitrogens is 3. The third-order valence-electron chi connectivity index (χ3n) is 3.43. The first-order valence-corrected chi connectivity index (χ1v) is 5.50. The van der Waals surface area contributed by atoms with Gasteiger partial charge in [-0.3, -0.25) is 5.10 Å². The van der Waals surface area contributed by atoms with E-state index in [1.807, 2.05) is 0 Å². The van der Waals surface area contributed by atoms with Crippen molar-refractivity contribution in [3.8, 4) is 0 Å². The average molecular weight is 209 g/mol. The second-order valence-corrected chi connectivity index (χ2v) is 4.81. The maximum Gasteiger partial charge on any atom is 0.239 e. The molecule has 1 unspecified atom stereocenters. The third-order valence-corrected chi connectivity index (χ3v) is 3.43. The highest BCUT2D eigenvalue weighted by Gasteiger charge is 2.34. The van der Waals surface area contributed by atoms with Crippen molar-refractivity contribution in [3.05, 3.63) is 5.82 Å². The highest BCUT2D eigenvalue weighted by atomic mass is 15.3. The molecular formula is C10H19N5. The van der Waals surface area contributed by atoms with Crippen LogP contribution in [0.1, 0.15) is 32.5 Å². The largest absolute Gasteiger partial charge is 0.367 e. The van der Waals surface area contributed by atoms with Gasteiger partial charge in [-0.15, -0.1) is 5.10 Å². The van der Waals surface area contributed by atoms with Gasteiger partial charge in [-0.1, -0.05) is 13.8 Å². The molecule has 84 valence electrons. The molecular weight excluding hydrogens is 190 g/mol. The SMILES string of the molecule is CC(C)(c1nc(N)n[nH]1)C1CCCNC1. The fourth-order valence-electron chi connectivity index (χ4n) is 2.22. The minimum atomic E-state index is 0.0119.